The van der Waals surface area contributed by atoms with Crippen LogP contribution in [0.5, 0.6) is 5.75 Å². The van der Waals surface area contributed by atoms with Crippen molar-refractivity contribution < 1.29 is 4.74 Å². The van der Waals surface area contributed by atoms with Gasteiger partial charge in [0.2, 0.25) is 0 Å². The van der Waals surface area contributed by atoms with Crippen LogP contribution in [-0.2, 0) is 0 Å². The van der Waals surface area contributed by atoms with Crippen molar-refractivity contribution in [1.29, 1.82) is 0 Å². The summed E-state index contributed by atoms with van der Waals surface area (Å²) in [5.74, 6) is 0.708. The van der Waals surface area contributed by atoms with Crippen molar-refractivity contribution >= 4 is 23.5 Å². The maximum Gasteiger partial charge on any atom is 0.138 e. The molecule has 1 atom stereocenters. The van der Waals surface area contributed by atoms with Crippen LogP contribution in [-0.4, -0.2) is 12.3 Å². The van der Waals surface area contributed by atoms with Crippen molar-refractivity contribution in [2.75, 3.05) is 5.43 Å². The number of halogens is 1. The number of hydrogen-bond acceptors (Lipinski definition) is 3. The van der Waals surface area contributed by atoms with Gasteiger partial charge in [0.15, 0.2) is 0 Å². The van der Waals surface area contributed by atoms with Crippen LogP contribution < -0.4 is 10.2 Å². The predicted molar refractivity (Wildman–Crippen MR) is 89.5 cm³/mol. The Hall–Kier alpha value is -2.00. The van der Waals surface area contributed by atoms with Gasteiger partial charge in [0.25, 0.3) is 0 Å². The highest BCUT2D eigenvalue weighted by atomic mass is 35.5. The fraction of sp³-hybridized carbons (Fsp3) is 0.235. The standard InChI is InChI=1S/C17H19ClN2O/c1-3-13(2)21-17-10-9-14(11-16(17)18)12-19-20-15-7-5-4-6-8-15/h4-13,20H,3H2,1-2H3/b19-12-/t13-/m0/s1. The summed E-state index contributed by atoms with van der Waals surface area (Å²) >= 11 is 6.22. The Morgan fingerprint density at radius 3 is 2.67 bits per heavy atom. The van der Waals surface area contributed by atoms with E-state index in [4.69, 9.17) is 16.3 Å². The topological polar surface area (TPSA) is 33.6 Å². The minimum Gasteiger partial charge on any atom is -0.489 e. The summed E-state index contributed by atoms with van der Waals surface area (Å²) in [6.07, 6.45) is 2.83. The lowest BCUT2D eigenvalue weighted by Crippen LogP contribution is -2.10. The van der Waals surface area contributed by atoms with Crippen LogP contribution >= 0.6 is 11.6 Å². The van der Waals surface area contributed by atoms with E-state index in [-0.39, 0.29) is 6.10 Å². The van der Waals surface area contributed by atoms with Crippen LogP contribution in [0.2, 0.25) is 5.02 Å². The van der Waals surface area contributed by atoms with E-state index in [9.17, 15) is 0 Å². The second-order valence-corrected chi connectivity index (χ2v) is 5.17. The first-order valence-electron chi connectivity index (χ1n) is 6.99. The third kappa shape index (κ3) is 4.80. The SMILES string of the molecule is CC[C@H](C)Oc1ccc(/C=N\Nc2ccccc2)cc1Cl. The smallest absolute Gasteiger partial charge is 0.138 e. The number of rotatable bonds is 6. The van der Waals surface area contributed by atoms with Crippen molar-refractivity contribution in [3.05, 3.63) is 59.1 Å². The van der Waals surface area contributed by atoms with Crippen LogP contribution in [0.15, 0.2) is 53.6 Å². The molecule has 1 N–H and O–H groups in total. The number of hydrogen-bond donors (Lipinski definition) is 1. The molecule has 0 radical (unpaired) electrons. The van der Waals surface area contributed by atoms with E-state index >= 15 is 0 Å². The first kappa shape index (κ1) is 15.4. The molecule has 0 aromatic heterocycles. The highest BCUT2D eigenvalue weighted by molar-refractivity contribution is 6.32. The molecule has 0 unspecified atom stereocenters. The van der Waals surface area contributed by atoms with Gasteiger partial charge in [-0.15, -0.1) is 0 Å². The molecular formula is C17H19ClN2O. The highest BCUT2D eigenvalue weighted by Gasteiger charge is 2.06. The summed E-state index contributed by atoms with van der Waals surface area (Å²) in [5.41, 5.74) is 4.82. The Balaban J connectivity index is 2.00. The third-order valence-electron chi connectivity index (χ3n) is 3.04. The molecule has 110 valence electrons. The summed E-state index contributed by atoms with van der Waals surface area (Å²) in [7, 11) is 0. The lowest BCUT2D eigenvalue weighted by molar-refractivity contribution is 0.217. The van der Waals surface area contributed by atoms with Crippen molar-refractivity contribution in [3.8, 4) is 5.75 Å². The number of hydrazone groups is 1. The summed E-state index contributed by atoms with van der Waals surface area (Å²) in [5, 5.41) is 4.78. The number of anilines is 1. The summed E-state index contributed by atoms with van der Waals surface area (Å²) < 4.78 is 5.73. The monoisotopic (exact) mass is 302 g/mol. The molecule has 3 nitrogen and oxygen atoms in total. The summed E-state index contributed by atoms with van der Waals surface area (Å²) in [6, 6.07) is 15.4. The van der Waals surface area contributed by atoms with Crippen LogP contribution in [0.1, 0.15) is 25.8 Å². The Kier molecular flexibility index (Phi) is 5.64. The van der Waals surface area contributed by atoms with Gasteiger partial charge in [-0.2, -0.15) is 5.10 Å². The summed E-state index contributed by atoms with van der Waals surface area (Å²) in [4.78, 5) is 0. The van der Waals surface area contributed by atoms with Gasteiger partial charge in [-0.25, -0.2) is 0 Å². The van der Waals surface area contributed by atoms with E-state index in [1.165, 1.54) is 0 Å². The predicted octanol–water partition coefficient (Wildman–Crippen LogP) is 4.96. The average Bonchev–Trinajstić information content (AvgIpc) is 2.51. The zero-order chi connectivity index (χ0) is 15.1. The number of benzene rings is 2. The molecule has 2 rings (SSSR count). The van der Waals surface area contributed by atoms with Gasteiger partial charge in [-0.1, -0.05) is 36.7 Å². The molecule has 0 amide bonds. The van der Waals surface area contributed by atoms with Gasteiger partial charge in [0, 0.05) is 0 Å². The zero-order valence-corrected chi connectivity index (χ0v) is 13.0. The number of nitrogens with one attached hydrogen (secondary N) is 1. The molecule has 0 spiro atoms. The van der Waals surface area contributed by atoms with Crippen LogP contribution in [0, 0.1) is 0 Å². The van der Waals surface area contributed by atoms with Gasteiger partial charge in [-0.3, -0.25) is 5.43 Å². The first-order chi connectivity index (χ1) is 10.2. The van der Waals surface area contributed by atoms with Gasteiger partial charge in [-0.05, 0) is 49.2 Å². The molecule has 2 aromatic carbocycles. The number of ether oxygens (including phenoxy) is 1. The Labute approximate surface area is 130 Å². The van der Waals surface area contributed by atoms with Gasteiger partial charge < -0.3 is 4.74 Å². The highest BCUT2D eigenvalue weighted by Crippen LogP contribution is 2.26. The Morgan fingerprint density at radius 2 is 2.00 bits per heavy atom. The van der Waals surface area contributed by atoms with Gasteiger partial charge in [0.1, 0.15) is 5.75 Å². The Bertz CT molecular complexity index is 599. The van der Waals surface area contributed by atoms with E-state index in [0.717, 1.165) is 17.7 Å². The van der Waals surface area contributed by atoms with Gasteiger partial charge in [0.05, 0.1) is 23.0 Å². The molecule has 0 heterocycles. The molecular weight excluding hydrogens is 284 g/mol. The number of nitrogens with zero attached hydrogens (tertiary/aromatic N) is 1. The maximum atomic E-state index is 6.22. The van der Waals surface area contributed by atoms with Crippen molar-refractivity contribution in [2.45, 2.75) is 26.4 Å². The van der Waals surface area contributed by atoms with Crippen molar-refractivity contribution in [3.63, 3.8) is 0 Å². The Morgan fingerprint density at radius 1 is 1.24 bits per heavy atom. The van der Waals surface area contributed by atoms with E-state index in [0.29, 0.717) is 10.8 Å². The second kappa shape index (κ2) is 7.70. The summed E-state index contributed by atoms with van der Waals surface area (Å²) in [6.45, 7) is 4.10. The molecule has 0 aliphatic rings. The van der Waals surface area contributed by atoms with E-state index in [1.807, 2.05) is 55.5 Å². The van der Waals surface area contributed by atoms with E-state index in [2.05, 4.69) is 17.5 Å². The third-order valence-corrected chi connectivity index (χ3v) is 3.34. The molecule has 0 bridgehead atoms. The fourth-order valence-electron chi connectivity index (χ4n) is 1.69. The first-order valence-corrected chi connectivity index (χ1v) is 7.37. The molecule has 0 fully saturated rings. The largest absolute Gasteiger partial charge is 0.489 e. The fourth-order valence-corrected chi connectivity index (χ4v) is 1.92. The van der Waals surface area contributed by atoms with Crippen molar-refractivity contribution in [1.82, 2.24) is 0 Å². The van der Waals surface area contributed by atoms with E-state index in [1.54, 1.807) is 6.21 Å². The minimum absolute atomic E-state index is 0.154. The second-order valence-electron chi connectivity index (χ2n) is 4.76. The number of para-hydroxylation sites is 1. The molecule has 0 aliphatic carbocycles. The van der Waals surface area contributed by atoms with Crippen molar-refractivity contribution in [2.24, 2.45) is 5.10 Å². The van der Waals surface area contributed by atoms with Crippen LogP contribution in [0.4, 0.5) is 5.69 Å². The molecule has 4 heteroatoms. The van der Waals surface area contributed by atoms with E-state index < -0.39 is 0 Å². The molecule has 2 aromatic rings. The normalized spacial score (nSPS) is 12.3. The lowest BCUT2D eigenvalue weighted by atomic mass is 10.2. The van der Waals surface area contributed by atoms with Crippen LogP contribution in [0.3, 0.4) is 0 Å². The molecule has 0 aliphatic heterocycles. The average molecular weight is 303 g/mol. The molecule has 0 saturated carbocycles. The van der Waals surface area contributed by atoms with Crippen LogP contribution in [0.25, 0.3) is 0 Å². The quantitative estimate of drug-likeness (QED) is 0.604. The zero-order valence-electron chi connectivity index (χ0n) is 12.2. The van der Waals surface area contributed by atoms with Gasteiger partial charge >= 0.3 is 0 Å². The molecule has 0 saturated heterocycles. The lowest BCUT2D eigenvalue weighted by Gasteiger charge is -2.13. The maximum absolute atomic E-state index is 6.22. The minimum atomic E-state index is 0.154. The molecule has 21 heavy (non-hydrogen) atoms.